The molecule has 1 saturated heterocycles. The molecular weight excluding hydrogens is 262 g/mol. The van der Waals surface area contributed by atoms with Crippen LogP contribution in [-0.4, -0.2) is 34.0 Å². The van der Waals surface area contributed by atoms with Crippen LogP contribution in [0.25, 0.3) is 0 Å². The zero-order valence-corrected chi connectivity index (χ0v) is 11.8. The Labute approximate surface area is 116 Å². The molecule has 2 N–H and O–H groups in total. The van der Waals surface area contributed by atoms with E-state index in [1.165, 1.54) is 22.9 Å². The Morgan fingerprint density at radius 1 is 1.42 bits per heavy atom. The summed E-state index contributed by atoms with van der Waals surface area (Å²) >= 11 is 1.42. The molecule has 1 aromatic rings. The Balaban J connectivity index is 2.02. The fourth-order valence-corrected chi connectivity index (χ4v) is 3.20. The normalized spacial score (nSPS) is 22.9. The van der Waals surface area contributed by atoms with Crippen LogP contribution in [0.1, 0.15) is 16.7 Å². The molecule has 0 unspecified atom stereocenters. The van der Waals surface area contributed by atoms with E-state index in [9.17, 15) is 9.59 Å². The van der Waals surface area contributed by atoms with Crippen LogP contribution >= 0.6 is 11.8 Å². The van der Waals surface area contributed by atoms with Crippen LogP contribution in [-0.2, 0) is 16.0 Å². The van der Waals surface area contributed by atoms with E-state index in [1.807, 2.05) is 13.0 Å². The summed E-state index contributed by atoms with van der Waals surface area (Å²) in [4.78, 5) is 22.7. The van der Waals surface area contributed by atoms with E-state index in [1.54, 1.807) is 0 Å². The third-order valence-corrected chi connectivity index (χ3v) is 4.67. The Morgan fingerprint density at radius 3 is 2.74 bits per heavy atom. The van der Waals surface area contributed by atoms with Gasteiger partial charge in [-0.1, -0.05) is 18.2 Å². The number of carboxylic acid groups (broad SMARTS) is 1. The van der Waals surface area contributed by atoms with Gasteiger partial charge in [0.1, 0.15) is 6.04 Å². The topological polar surface area (TPSA) is 66.4 Å². The Bertz CT molecular complexity index is 515. The molecule has 2 atom stereocenters. The van der Waals surface area contributed by atoms with E-state index in [4.69, 9.17) is 5.11 Å². The monoisotopic (exact) mass is 279 g/mol. The molecular formula is C14H17NO3S. The maximum atomic E-state index is 11.9. The Kier molecular flexibility index (Phi) is 4.14. The van der Waals surface area contributed by atoms with Crippen molar-refractivity contribution in [3.05, 3.63) is 34.9 Å². The number of rotatable bonds is 3. The minimum Gasteiger partial charge on any atom is -0.480 e. The molecule has 0 spiro atoms. The lowest BCUT2D eigenvalue weighted by Gasteiger charge is -2.26. The third kappa shape index (κ3) is 3.29. The maximum absolute atomic E-state index is 11.9. The first-order valence-electron chi connectivity index (χ1n) is 6.18. The molecule has 5 heteroatoms. The molecule has 4 nitrogen and oxygen atoms in total. The van der Waals surface area contributed by atoms with Crippen molar-refractivity contribution >= 4 is 23.6 Å². The molecule has 102 valence electrons. The number of aryl methyl sites for hydroxylation is 2. The standard InChI is InChI=1S/C14H17NO3S/c1-8-3-4-10(5-9(8)2)6-12-13(16)15-11(7-19-12)14(17)18/h3-5,11-12H,6-7H2,1-2H3,(H,15,16)(H,17,18)/t11-,12-/m0/s1. The number of benzene rings is 1. The van der Waals surface area contributed by atoms with Crippen molar-refractivity contribution < 1.29 is 14.7 Å². The summed E-state index contributed by atoms with van der Waals surface area (Å²) in [5.74, 6) is -0.719. The van der Waals surface area contributed by atoms with Crippen molar-refractivity contribution in [3.8, 4) is 0 Å². The highest BCUT2D eigenvalue weighted by molar-refractivity contribution is 8.00. The summed E-state index contributed by atoms with van der Waals surface area (Å²) < 4.78 is 0. The van der Waals surface area contributed by atoms with Crippen molar-refractivity contribution in [1.82, 2.24) is 5.32 Å². The third-order valence-electron chi connectivity index (χ3n) is 3.36. The van der Waals surface area contributed by atoms with Gasteiger partial charge in [-0.2, -0.15) is 0 Å². The van der Waals surface area contributed by atoms with Crippen molar-refractivity contribution in [2.45, 2.75) is 31.6 Å². The number of amides is 1. The number of carbonyl (C=O) groups excluding carboxylic acids is 1. The van der Waals surface area contributed by atoms with Gasteiger partial charge in [-0.15, -0.1) is 11.8 Å². The maximum Gasteiger partial charge on any atom is 0.327 e. The second-order valence-electron chi connectivity index (χ2n) is 4.84. The highest BCUT2D eigenvalue weighted by Crippen LogP contribution is 2.23. The average Bonchev–Trinajstić information content (AvgIpc) is 2.36. The van der Waals surface area contributed by atoms with Gasteiger partial charge in [-0.05, 0) is 37.0 Å². The largest absolute Gasteiger partial charge is 0.480 e. The first-order chi connectivity index (χ1) is 8.97. The molecule has 19 heavy (non-hydrogen) atoms. The van der Waals surface area contributed by atoms with Gasteiger partial charge in [0.05, 0.1) is 5.25 Å². The first kappa shape index (κ1) is 13.9. The number of aliphatic carboxylic acids is 1. The van der Waals surface area contributed by atoms with Crippen LogP contribution in [0.2, 0.25) is 0 Å². The van der Waals surface area contributed by atoms with Gasteiger partial charge in [0, 0.05) is 5.75 Å². The molecule has 0 radical (unpaired) electrons. The van der Waals surface area contributed by atoms with E-state index in [0.29, 0.717) is 12.2 Å². The van der Waals surface area contributed by atoms with Gasteiger partial charge in [0.2, 0.25) is 5.91 Å². The van der Waals surface area contributed by atoms with Gasteiger partial charge in [0.25, 0.3) is 0 Å². The summed E-state index contributed by atoms with van der Waals surface area (Å²) in [6.45, 7) is 4.10. The summed E-state index contributed by atoms with van der Waals surface area (Å²) in [6, 6.07) is 5.41. The second-order valence-corrected chi connectivity index (χ2v) is 6.08. The van der Waals surface area contributed by atoms with Crippen LogP contribution in [0.5, 0.6) is 0 Å². The predicted molar refractivity (Wildman–Crippen MR) is 75.4 cm³/mol. The number of carbonyl (C=O) groups is 2. The van der Waals surface area contributed by atoms with Crippen LogP contribution in [0.3, 0.4) is 0 Å². The predicted octanol–water partition coefficient (Wildman–Crippen LogP) is 1.53. The highest BCUT2D eigenvalue weighted by atomic mass is 32.2. The van der Waals surface area contributed by atoms with Crippen molar-refractivity contribution in [2.75, 3.05) is 5.75 Å². The van der Waals surface area contributed by atoms with E-state index in [2.05, 4.69) is 24.4 Å². The lowest BCUT2D eigenvalue weighted by Crippen LogP contribution is -2.51. The number of hydrogen-bond acceptors (Lipinski definition) is 3. The average molecular weight is 279 g/mol. The fraction of sp³-hybridized carbons (Fsp3) is 0.429. The number of carboxylic acids is 1. The minimum absolute atomic E-state index is 0.179. The molecule has 1 aromatic carbocycles. The summed E-state index contributed by atoms with van der Waals surface area (Å²) in [6.07, 6.45) is 0.643. The van der Waals surface area contributed by atoms with Gasteiger partial charge < -0.3 is 10.4 Å². The summed E-state index contributed by atoms with van der Waals surface area (Å²) in [5, 5.41) is 11.2. The van der Waals surface area contributed by atoms with Crippen LogP contribution in [0, 0.1) is 13.8 Å². The van der Waals surface area contributed by atoms with Gasteiger partial charge in [-0.3, -0.25) is 4.79 Å². The molecule has 1 fully saturated rings. The smallest absolute Gasteiger partial charge is 0.327 e. The first-order valence-corrected chi connectivity index (χ1v) is 7.23. The minimum atomic E-state index is -0.967. The molecule has 0 aliphatic carbocycles. The van der Waals surface area contributed by atoms with E-state index < -0.39 is 12.0 Å². The summed E-state index contributed by atoms with van der Waals surface area (Å²) in [7, 11) is 0. The molecule has 2 rings (SSSR count). The SMILES string of the molecule is Cc1ccc(C[C@@H]2SC[C@@H](C(=O)O)NC2=O)cc1C. The van der Waals surface area contributed by atoms with E-state index >= 15 is 0 Å². The summed E-state index contributed by atoms with van der Waals surface area (Å²) in [5.41, 5.74) is 3.56. The van der Waals surface area contributed by atoms with E-state index in [-0.39, 0.29) is 11.2 Å². The van der Waals surface area contributed by atoms with Gasteiger partial charge >= 0.3 is 5.97 Å². The lowest BCUT2D eigenvalue weighted by atomic mass is 10.0. The molecule has 0 bridgehead atoms. The van der Waals surface area contributed by atoms with Crippen molar-refractivity contribution in [1.29, 1.82) is 0 Å². The zero-order valence-electron chi connectivity index (χ0n) is 11.0. The van der Waals surface area contributed by atoms with E-state index in [0.717, 1.165) is 5.56 Å². The fourth-order valence-electron chi connectivity index (χ4n) is 2.02. The molecule has 1 heterocycles. The van der Waals surface area contributed by atoms with Crippen LogP contribution in [0.15, 0.2) is 18.2 Å². The second kappa shape index (κ2) is 5.65. The molecule has 0 aromatic heterocycles. The zero-order chi connectivity index (χ0) is 14.0. The van der Waals surface area contributed by atoms with Gasteiger partial charge in [0.15, 0.2) is 0 Å². The quantitative estimate of drug-likeness (QED) is 0.880. The van der Waals surface area contributed by atoms with Crippen LogP contribution in [0.4, 0.5) is 0 Å². The number of thioether (sulfide) groups is 1. The molecule has 1 aliphatic rings. The molecule has 1 aliphatic heterocycles. The number of nitrogens with one attached hydrogen (secondary N) is 1. The molecule has 0 saturated carbocycles. The Hall–Kier alpha value is -1.49. The highest BCUT2D eigenvalue weighted by Gasteiger charge is 2.32. The van der Waals surface area contributed by atoms with Crippen LogP contribution < -0.4 is 5.32 Å². The van der Waals surface area contributed by atoms with Crippen molar-refractivity contribution in [3.63, 3.8) is 0 Å². The van der Waals surface area contributed by atoms with Crippen molar-refractivity contribution in [2.24, 2.45) is 0 Å². The lowest BCUT2D eigenvalue weighted by molar-refractivity contribution is -0.141. The van der Waals surface area contributed by atoms with Gasteiger partial charge in [-0.25, -0.2) is 4.79 Å². The number of hydrogen-bond donors (Lipinski definition) is 2. The Morgan fingerprint density at radius 2 is 2.16 bits per heavy atom. The molecule has 1 amide bonds.